The zero-order chi connectivity index (χ0) is 30.9. The Hall–Kier alpha value is -2.07. The number of aliphatic hydroxyl groups excluding tert-OH is 7. The van der Waals surface area contributed by atoms with Gasteiger partial charge in [-0.25, -0.2) is 4.99 Å². The van der Waals surface area contributed by atoms with Crippen LogP contribution in [0.2, 0.25) is 0 Å². The summed E-state index contributed by atoms with van der Waals surface area (Å²) in [5.41, 5.74) is 0. The lowest BCUT2D eigenvalue weighted by atomic mass is 9.94. The van der Waals surface area contributed by atoms with Crippen LogP contribution in [0.3, 0.4) is 0 Å². The maximum absolute atomic E-state index is 12.1. The quantitative estimate of drug-likeness (QED) is 0.118. The highest BCUT2D eigenvalue weighted by atomic mass is 16.7. The lowest BCUT2D eigenvalue weighted by Gasteiger charge is -2.49. The van der Waals surface area contributed by atoms with Gasteiger partial charge < -0.3 is 74.8 Å². The number of aliphatic imine (C=N–C) groups is 1. The molecule has 0 aromatic rings. The van der Waals surface area contributed by atoms with Gasteiger partial charge in [-0.15, -0.1) is 0 Å². The molecule has 4 rings (SSSR count). The maximum atomic E-state index is 12.1. The molecule has 4 heterocycles. The maximum Gasteiger partial charge on any atom is 0.227 e. The van der Waals surface area contributed by atoms with Crippen molar-refractivity contribution in [3.8, 4) is 0 Å². The SMILES string of the molecule is CC(=O)NC1[C@H](O[C@@H]2C(CO)O[C@@H](O[C@@H]3C(CO)OC4OC(C)=NC4[C@H]3O)C(NC(C)=O)[C@H]2O)OC(CO)[C@@H](O)[C@@H]1O. The Morgan fingerprint density at radius 2 is 1.21 bits per heavy atom. The molecule has 3 fully saturated rings. The highest BCUT2D eigenvalue weighted by molar-refractivity contribution is 5.75. The van der Waals surface area contributed by atoms with Crippen LogP contribution in [-0.2, 0) is 38.0 Å². The van der Waals surface area contributed by atoms with E-state index in [4.69, 9.17) is 28.4 Å². The number of aliphatic hydroxyl groups is 7. The molecule has 4 aliphatic heterocycles. The van der Waals surface area contributed by atoms with E-state index in [1.807, 2.05) is 0 Å². The molecule has 0 saturated carbocycles. The van der Waals surface area contributed by atoms with Gasteiger partial charge in [-0.1, -0.05) is 0 Å². The van der Waals surface area contributed by atoms with Crippen molar-refractivity contribution in [1.29, 1.82) is 0 Å². The van der Waals surface area contributed by atoms with E-state index in [2.05, 4.69) is 15.6 Å². The number of fused-ring (bicyclic) bond motifs is 1. The van der Waals surface area contributed by atoms with E-state index in [0.29, 0.717) is 0 Å². The number of amides is 2. The van der Waals surface area contributed by atoms with Crippen molar-refractivity contribution in [2.45, 2.75) is 113 Å². The van der Waals surface area contributed by atoms with Crippen LogP contribution in [0.4, 0.5) is 0 Å². The van der Waals surface area contributed by atoms with Crippen LogP contribution in [0.5, 0.6) is 0 Å². The fourth-order valence-electron chi connectivity index (χ4n) is 5.50. The minimum atomic E-state index is -1.69. The Morgan fingerprint density at radius 1 is 0.738 bits per heavy atom. The summed E-state index contributed by atoms with van der Waals surface area (Å²) in [5.74, 6) is -0.980. The van der Waals surface area contributed by atoms with E-state index >= 15 is 0 Å². The summed E-state index contributed by atoms with van der Waals surface area (Å²) in [5, 5.41) is 77.8. The molecule has 2 amide bonds. The second kappa shape index (κ2) is 13.7. The Labute approximate surface area is 240 Å². The van der Waals surface area contributed by atoms with E-state index in [0.717, 1.165) is 13.8 Å². The largest absolute Gasteiger partial charge is 0.450 e. The monoisotopic (exact) mass is 609 g/mol. The Balaban J connectivity index is 1.58. The number of ether oxygens (including phenoxy) is 6. The Bertz CT molecular complexity index is 989. The molecule has 15 atom stereocenters. The molecule has 3 saturated heterocycles. The molecule has 0 bridgehead atoms. The average Bonchev–Trinajstić information content (AvgIpc) is 3.32. The second-order valence-corrected chi connectivity index (χ2v) is 10.5. The van der Waals surface area contributed by atoms with Crippen LogP contribution in [0.25, 0.3) is 0 Å². The molecular weight excluding hydrogens is 570 g/mol. The Morgan fingerprint density at radius 3 is 1.74 bits per heavy atom. The molecule has 0 spiro atoms. The second-order valence-electron chi connectivity index (χ2n) is 10.5. The molecule has 0 radical (unpaired) electrons. The summed E-state index contributed by atoms with van der Waals surface area (Å²) in [7, 11) is 0. The van der Waals surface area contributed by atoms with E-state index in [1.165, 1.54) is 0 Å². The molecule has 240 valence electrons. The predicted molar refractivity (Wildman–Crippen MR) is 134 cm³/mol. The summed E-state index contributed by atoms with van der Waals surface area (Å²) in [6, 6.07) is -3.66. The van der Waals surface area contributed by atoms with Crippen LogP contribution in [0, 0.1) is 0 Å². The summed E-state index contributed by atoms with van der Waals surface area (Å²) < 4.78 is 34.4. The van der Waals surface area contributed by atoms with Crippen molar-refractivity contribution in [3.05, 3.63) is 0 Å². The van der Waals surface area contributed by atoms with Gasteiger partial charge in [0.15, 0.2) is 18.5 Å². The van der Waals surface area contributed by atoms with E-state index in [1.54, 1.807) is 6.92 Å². The van der Waals surface area contributed by atoms with Crippen LogP contribution in [-0.4, -0.2) is 165 Å². The van der Waals surface area contributed by atoms with E-state index < -0.39 is 124 Å². The zero-order valence-corrected chi connectivity index (χ0v) is 23.1. The van der Waals surface area contributed by atoms with Gasteiger partial charge in [0.2, 0.25) is 18.1 Å². The van der Waals surface area contributed by atoms with Gasteiger partial charge in [0.25, 0.3) is 0 Å². The van der Waals surface area contributed by atoms with Gasteiger partial charge in [-0.3, -0.25) is 9.59 Å². The topological polar surface area (TPSA) is 268 Å². The third-order valence-electron chi connectivity index (χ3n) is 7.49. The van der Waals surface area contributed by atoms with Gasteiger partial charge in [-0.2, -0.15) is 0 Å². The molecule has 0 aliphatic carbocycles. The summed E-state index contributed by atoms with van der Waals surface area (Å²) in [6.07, 6.45) is -17.0. The van der Waals surface area contributed by atoms with Crippen molar-refractivity contribution < 1.29 is 73.8 Å². The number of nitrogens with zero attached hydrogens (tertiary/aromatic N) is 1. The van der Waals surface area contributed by atoms with Gasteiger partial charge in [0.05, 0.1) is 19.8 Å². The fourth-order valence-corrected chi connectivity index (χ4v) is 5.50. The number of hydrogen-bond donors (Lipinski definition) is 9. The van der Waals surface area contributed by atoms with E-state index in [9.17, 15) is 45.3 Å². The van der Waals surface area contributed by atoms with Gasteiger partial charge in [-0.05, 0) is 0 Å². The highest BCUT2D eigenvalue weighted by Crippen LogP contribution is 2.34. The van der Waals surface area contributed by atoms with Crippen molar-refractivity contribution in [2.24, 2.45) is 4.99 Å². The summed E-state index contributed by atoms with van der Waals surface area (Å²) in [6.45, 7) is 1.77. The summed E-state index contributed by atoms with van der Waals surface area (Å²) >= 11 is 0. The van der Waals surface area contributed by atoms with Crippen LogP contribution in [0.1, 0.15) is 20.8 Å². The third kappa shape index (κ3) is 6.69. The number of hydrogen-bond acceptors (Lipinski definition) is 16. The van der Waals surface area contributed by atoms with Crippen molar-refractivity contribution in [2.75, 3.05) is 19.8 Å². The lowest BCUT2D eigenvalue weighted by Crippen LogP contribution is -2.70. The number of carbonyl (C=O) groups is 2. The fraction of sp³-hybridized carbons (Fsp3) is 0.875. The predicted octanol–water partition coefficient (Wildman–Crippen LogP) is -5.82. The molecule has 42 heavy (non-hydrogen) atoms. The van der Waals surface area contributed by atoms with Crippen molar-refractivity contribution in [1.82, 2.24) is 10.6 Å². The molecular formula is C24H39N3O15. The summed E-state index contributed by atoms with van der Waals surface area (Å²) in [4.78, 5) is 28.1. The molecule has 9 N–H and O–H groups in total. The molecule has 18 nitrogen and oxygen atoms in total. The van der Waals surface area contributed by atoms with E-state index in [-0.39, 0.29) is 5.90 Å². The first-order chi connectivity index (χ1) is 19.9. The molecule has 4 aliphatic rings. The minimum Gasteiger partial charge on any atom is -0.450 e. The van der Waals surface area contributed by atoms with Crippen molar-refractivity contribution >= 4 is 17.7 Å². The lowest BCUT2D eigenvalue weighted by molar-refractivity contribution is -0.349. The van der Waals surface area contributed by atoms with Crippen LogP contribution >= 0.6 is 0 Å². The Kier molecular flexibility index (Phi) is 10.7. The zero-order valence-electron chi connectivity index (χ0n) is 23.1. The first-order valence-corrected chi connectivity index (χ1v) is 13.5. The normalized spacial score (nSPS) is 45.4. The first-order valence-electron chi connectivity index (χ1n) is 13.5. The third-order valence-corrected chi connectivity index (χ3v) is 7.49. The average molecular weight is 610 g/mol. The van der Waals surface area contributed by atoms with Crippen LogP contribution < -0.4 is 10.6 Å². The van der Waals surface area contributed by atoms with Gasteiger partial charge in [0, 0.05) is 20.8 Å². The standard InChI is InChI=1S/C24H39N3O15/c1-7(31)25-13-17(34)16(33)10(4-28)38-23(13)41-20-12(6-30)40-24(14(18(20)35)26-8(2)32)42-21-11(5-29)39-22-15(19(21)36)27-9(3)37-22/h10-24,28-30,33-36H,4-6H2,1-3H3,(H,25,31)(H,26,32)/t10?,11?,12?,13?,14?,15?,16-,17-,18-,19-,20-,21-,22?,23+,24+/m1/s1. The van der Waals surface area contributed by atoms with Crippen molar-refractivity contribution in [3.63, 3.8) is 0 Å². The number of rotatable bonds is 9. The van der Waals surface area contributed by atoms with Crippen LogP contribution in [0.15, 0.2) is 4.99 Å². The number of nitrogens with one attached hydrogen (secondary N) is 2. The highest BCUT2D eigenvalue weighted by Gasteiger charge is 2.55. The van der Waals surface area contributed by atoms with Gasteiger partial charge >= 0.3 is 0 Å². The van der Waals surface area contributed by atoms with Gasteiger partial charge in [0.1, 0.15) is 73.1 Å². The first kappa shape index (κ1) is 32.8. The molecule has 18 heteroatoms. The smallest absolute Gasteiger partial charge is 0.227 e. The number of carbonyl (C=O) groups excluding carboxylic acids is 2. The molecule has 0 aromatic carbocycles. The minimum absolute atomic E-state index is 0.255. The molecule has 0 aromatic heterocycles. The molecule has 7 unspecified atom stereocenters.